The number of ether oxygens (including phenoxy) is 1. The van der Waals surface area contributed by atoms with E-state index in [2.05, 4.69) is 4.98 Å². The van der Waals surface area contributed by atoms with Crippen molar-refractivity contribution >= 4 is 34.9 Å². The molecular formula is C12H8Cl2N2O3. The lowest BCUT2D eigenvalue weighted by atomic mass is 10.2. The van der Waals surface area contributed by atoms with Crippen LogP contribution < -0.4 is 10.5 Å². The van der Waals surface area contributed by atoms with Crippen LogP contribution in [0.5, 0.6) is 11.6 Å². The Morgan fingerprint density at radius 3 is 2.58 bits per heavy atom. The minimum Gasteiger partial charge on any atom is -0.478 e. The molecule has 0 radical (unpaired) electrons. The highest BCUT2D eigenvalue weighted by Gasteiger charge is 2.10. The quantitative estimate of drug-likeness (QED) is 0.906. The first-order valence-corrected chi connectivity index (χ1v) is 5.84. The highest BCUT2D eigenvalue weighted by molar-refractivity contribution is 6.42. The summed E-state index contributed by atoms with van der Waals surface area (Å²) < 4.78 is 5.41. The Morgan fingerprint density at radius 1 is 1.26 bits per heavy atom. The Kier molecular flexibility index (Phi) is 3.78. The van der Waals surface area contributed by atoms with Gasteiger partial charge in [-0.2, -0.15) is 0 Å². The van der Waals surface area contributed by atoms with Crippen molar-refractivity contribution in [3.63, 3.8) is 0 Å². The maximum absolute atomic E-state index is 10.7. The predicted octanol–water partition coefficient (Wildman–Crippen LogP) is 3.46. The second-order valence-electron chi connectivity index (χ2n) is 3.60. The number of nitrogens with zero attached hydrogens (tertiary/aromatic N) is 1. The van der Waals surface area contributed by atoms with Crippen molar-refractivity contribution in [1.82, 2.24) is 4.98 Å². The van der Waals surface area contributed by atoms with E-state index in [-0.39, 0.29) is 17.1 Å². The standard InChI is InChI=1S/C12H8Cl2N2O3/c13-8-2-1-7(4-9(8)14)19-11-10(15)3-6(5-16-11)12(17)18/h1-5H,15H2,(H,17,18). The van der Waals surface area contributed by atoms with Crippen molar-refractivity contribution in [2.24, 2.45) is 0 Å². The average Bonchev–Trinajstić information content (AvgIpc) is 2.36. The average molecular weight is 299 g/mol. The molecule has 0 aliphatic carbocycles. The first-order valence-electron chi connectivity index (χ1n) is 5.09. The number of halogens is 2. The van der Waals surface area contributed by atoms with Crippen LogP contribution in [0, 0.1) is 0 Å². The van der Waals surface area contributed by atoms with E-state index >= 15 is 0 Å². The van der Waals surface area contributed by atoms with Crippen LogP contribution in [0.15, 0.2) is 30.5 Å². The molecule has 2 aromatic rings. The number of aromatic carboxylic acids is 1. The van der Waals surface area contributed by atoms with E-state index in [0.717, 1.165) is 6.20 Å². The molecule has 2 rings (SSSR count). The van der Waals surface area contributed by atoms with Crippen LogP contribution in [-0.4, -0.2) is 16.1 Å². The summed E-state index contributed by atoms with van der Waals surface area (Å²) in [5.41, 5.74) is 5.77. The lowest BCUT2D eigenvalue weighted by Crippen LogP contribution is -2.01. The predicted molar refractivity (Wildman–Crippen MR) is 72.1 cm³/mol. The monoisotopic (exact) mass is 298 g/mol. The maximum Gasteiger partial charge on any atom is 0.337 e. The van der Waals surface area contributed by atoms with Crippen molar-refractivity contribution in [3.05, 3.63) is 46.1 Å². The molecule has 0 saturated carbocycles. The van der Waals surface area contributed by atoms with E-state index in [9.17, 15) is 4.79 Å². The van der Waals surface area contributed by atoms with Crippen LogP contribution in [0.2, 0.25) is 10.0 Å². The van der Waals surface area contributed by atoms with Crippen LogP contribution in [0.1, 0.15) is 10.4 Å². The zero-order valence-corrected chi connectivity index (χ0v) is 10.9. The summed E-state index contributed by atoms with van der Waals surface area (Å²) in [4.78, 5) is 14.6. The van der Waals surface area contributed by atoms with Crippen LogP contribution in [0.3, 0.4) is 0 Å². The van der Waals surface area contributed by atoms with Gasteiger partial charge in [0.25, 0.3) is 0 Å². The molecule has 0 fully saturated rings. The van der Waals surface area contributed by atoms with Crippen molar-refractivity contribution in [2.75, 3.05) is 5.73 Å². The molecule has 0 aliphatic rings. The van der Waals surface area contributed by atoms with Gasteiger partial charge in [0.2, 0.25) is 5.88 Å². The van der Waals surface area contributed by atoms with E-state index in [0.29, 0.717) is 15.8 Å². The topological polar surface area (TPSA) is 85.4 Å². The third-order valence-corrected chi connectivity index (χ3v) is 2.97. The Bertz CT molecular complexity index is 647. The van der Waals surface area contributed by atoms with Gasteiger partial charge in [0.15, 0.2) is 0 Å². The zero-order chi connectivity index (χ0) is 14.0. The summed E-state index contributed by atoms with van der Waals surface area (Å²) in [6.45, 7) is 0. The van der Waals surface area contributed by atoms with Crippen molar-refractivity contribution in [1.29, 1.82) is 0 Å². The number of carboxylic acids is 1. The molecule has 98 valence electrons. The molecule has 1 aromatic carbocycles. The van der Waals surface area contributed by atoms with Gasteiger partial charge in [-0.25, -0.2) is 9.78 Å². The molecule has 0 spiro atoms. The van der Waals surface area contributed by atoms with Crippen LogP contribution in [0.25, 0.3) is 0 Å². The minimum absolute atomic E-state index is 0.0148. The first-order chi connectivity index (χ1) is 8.97. The molecule has 0 atom stereocenters. The summed E-state index contributed by atoms with van der Waals surface area (Å²) in [7, 11) is 0. The van der Waals surface area contributed by atoms with E-state index in [1.165, 1.54) is 12.1 Å². The Balaban J connectivity index is 2.28. The lowest BCUT2D eigenvalue weighted by molar-refractivity contribution is 0.0696. The number of rotatable bonds is 3. The normalized spacial score (nSPS) is 10.2. The summed E-state index contributed by atoms with van der Waals surface area (Å²) in [5.74, 6) is -0.611. The molecule has 0 unspecified atom stereocenters. The van der Waals surface area contributed by atoms with E-state index in [4.69, 9.17) is 38.8 Å². The fraction of sp³-hybridized carbons (Fsp3) is 0. The zero-order valence-electron chi connectivity index (χ0n) is 9.43. The molecule has 0 amide bonds. The molecule has 0 bridgehead atoms. The van der Waals surface area contributed by atoms with Gasteiger partial charge in [-0.15, -0.1) is 0 Å². The van der Waals surface area contributed by atoms with Crippen molar-refractivity contribution in [2.45, 2.75) is 0 Å². The molecule has 3 N–H and O–H groups in total. The number of aromatic nitrogens is 1. The lowest BCUT2D eigenvalue weighted by Gasteiger charge is -2.08. The van der Waals surface area contributed by atoms with E-state index < -0.39 is 5.97 Å². The van der Waals surface area contributed by atoms with E-state index in [1.54, 1.807) is 12.1 Å². The molecule has 7 heteroatoms. The second kappa shape index (κ2) is 5.34. The molecule has 1 heterocycles. The van der Waals surface area contributed by atoms with Gasteiger partial charge in [-0.3, -0.25) is 0 Å². The van der Waals surface area contributed by atoms with Crippen molar-refractivity contribution < 1.29 is 14.6 Å². The molecule has 1 aromatic heterocycles. The first kappa shape index (κ1) is 13.5. The summed E-state index contributed by atoms with van der Waals surface area (Å²) in [6.07, 6.45) is 1.16. The molecule has 19 heavy (non-hydrogen) atoms. The number of benzene rings is 1. The third kappa shape index (κ3) is 3.07. The Hall–Kier alpha value is -1.98. The fourth-order valence-electron chi connectivity index (χ4n) is 1.32. The number of carboxylic acid groups (broad SMARTS) is 1. The van der Waals surface area contributed by atoms with Crippen LogP contribution in [-0.2, 0) is 0 Å². The smallest absolute Gasteiger partial charge is 0.337 e. The Morgan fingerprint density at radius 2 is 2.00 bits per heavy atom. The number of nitrogens with two attached hydrogens (primary N) is 1. The highest BCUT2D eigenvalue weighted by atomic mass is 35.5. The van der Waals surface area contributed by atoms with Gasteiger partial charge in [0, 0.05) is 12.3 Å². The summed E-state index contributed by atoms with van der Waals surface area (Å²) >= 11 is 11.6. The number of anilines is 1. The Labute approximate surface area is 118 Å². The van der Waals surface area contributed by atoms with Gasteiger partial charge < -0.3 is 15.6 Å². The van der Waals surface area contributed by atoms with Gasteiger partial charge in [0.05, 0.1) is 21.3 Å². The van der Waals surface area contributed by atoms with Gasteiger partial charge in [-0.1, -0.05) is 23.2 Å². The number of nitrogen functional groups attached to an aromatic ring is 1. The maximum atomic E-state index is 10.7. The number of pyridine rings is 1. The van der Waals surface area contributed by atoms with Crippen molar-refractivity contribution in [3.8, 4) is 11.6 Å². The van der Waals surface area contributed by atoms with Gasteiger partial charge in [-0.05, 0) is 18.2 Å². The number of hydrogen-bond donors (Lipinski definition) is 2. The molecule has 0 saturated heterocycles. The SMILES string of the molecule is Nc1cc(C(=O)O)cnc1Oc1ccc(Cl)c(Cl)c1. The van der Waals surface area contributed by atoms with Crippen LogP contribution >= 0.6 is 23.2 Å². The third-order valence-electron chi connectivity index (χ3n) is 2.23. The summed E-state index contributed by atoms with van der Waals surface area (Å²) in [5, 5.41) is 9.52. The number of hydrogen-bond acceptors (Lipinski definition) is 4. The van der Waals surface area contributed by atoms with Gasteiger partial charge in [0.1, 0.15) is 5.75 Å². The van der Waals surface area contributed by atoms with Crippen LogP contribution in [0.4, 0.5) is 5.69 Å². The minimum atomic E-state index is -1.11. The number of carbonyl (C=O) groups is 1. The largest absolute Gasteiger partial charge is 0.478 e. The van der Waals surface area contributed by atoms with E-state index in [1.807, 2.05) is 0 Å². The second-order valence-corrected chi connectivity index (χ2v) is 4.42. The highest BCUT2D eigenvalue weighted by Crippen LogP contribution is 2.30. The molecule has 0 aliphatic heterocycles. The fourth-order valence-corrected chi connectivity index (χ4v) is 1.61. The summed E-state index contributed by atoms with van der Waals surface area (Å²) in [6, 6.07) is 5.94. The molecule has 5 nitrogen and oxygen atoms in total. The van der Waals surface area contributed by atoms with Gasteiger partial charge >= 0.3 is 5.97 Å². The molecular weight excluding hydrogens is 291 g/mol.